The molecule has 2 N–H and O–H groups in total. The van der Waals surface area contributed by atoms with Gasteiger partial charge in [0.2, 0.25) is 5.89 Å². The van der Waals surface area contributed by atoms with Crippen molar-refractivity contribution in [2.45, 2.75) is 44.9 Å². The molecule has 3 atom stereocenters. The number of nitrogens with one attached hydrogen (secondary N) is 2. The number of aromatic nitrogens is 2. The molecule has 1 aromatic rings. The minimum atomic E-state index is -0.132. The fourth-order valence-electron chi connectivity index (χ4n) is 1.83. The van der Waals surface area contributed by atoms with Crippen molar-refractivity contribution in [3.05, 3.63) is 5.89 Å². The fraction of sp³-hybridized carbons (Fsp3) is 0.818. The van der Waals surface area contributed by atoms with E-state index in [0.29, 0.717) is 11.9 Å². The van der Waals surface area contributed by atoms with Crippen molar-refractivity contribution in [3.63, 3.8) is 0 Å². The molecule has 17 heavy (non-hydrogen) atoms. The lowest BCUT2D eigenvalue weighted by atomic mass is 9.95. The molecule has 1 aromatic heterocycles. The number of hydrogen-bond acceptors (Lipinski definition) is 6. The molecule has 0 aromatic carbocycles. The molecule has 1 aliphatic rings. The molecule has 1 saturated heterocycles. The molecule has 3 unspecified atom stereocenters. The molecule has 0 spiro atoms. The zero-order valence-electron chi connectivity index (χ0n) is 10.8. The van der Waals surface area contributed by atoms with Crippen LogP contribution in [-0.4, -0.2) is 35.5 Å². The Labute approximate surface area is 101 Å². The summed E-state index contributed by atoms with van der Waals surface area (Å²) in [4.78, 5) is 0. The van der Waals surface area contributed by atoms with Crippen molar-refractivity contribution in [3.8, 4) is 0 Å². The van der Waals surface area contributed by atoms with Crippen LogP contribution in [0.4, 0.5) is 6.01 Å². The van der Waals surface area contributed by atoms with Gasteiger partial charge < -0.3 is 19.8 Å². The molecule has 0 amide bonds. The summed E-state index contributed by atoms with van der Waals surface area (Å²) in [5.74, 6) is 0.588. The highest BCUT2D eigenvalue weighted by Crippen LogP contribution is 2.29. The van der Waals surface area contributed by atoms with E-state index in [2.05, 4.69) is 27.8 Å². The van der Waals surface area contributed by atoms with Crippen molar-refractivity contribution in [1.29, 1.82) is 0 Å². The molecule has 0 bridgehead atoms. The largest absolute Gasteiger partial charge is 0.406 e. The summed E-state index contributed by atoms with van der Waals surface area (Å²) < 4.78 is 11.1. The van der Waals surface area contributed by atoms with Crippen LogP contribution in [0.1, 0.15) is 39.1 Å². The summed E-state index contributed by atoms with van der Waals surface area (Å²) >= 11 is 0. The van der Waals surface area contributed by atoms with Crippen molar-refractivity contribution in [1.82, 2.24) is 15.5 Å². The Bertz CT molecular complexity index is 381. The topological polar surface area (TPSA) is 72.2 Å². The van der Waals surface area contributed by atoms with E-state index in [0.717, 1.165) is 13.0 Å². The smallest absolute Gasteiger partial charge is 0.316 e. The molecular formula is C11H20N4O2. The molecular weight excluding hydrogens is 220 g/mol. The van der Waals surface area contributed by atoms with Crippen LogP contribution < -0.4 is 10.6 Å². The predicted octanol–water partition coefficient (Wildman–Crippen LogP) is 1.33. The lowest BCUT2D eigenvalue weighted by molar-refractivity contribution is 0.104. The first-order valence-corrected chi connectivity index (χ1v) is 5.95. The predicted molar refractivity (Wildman–Crippen MR) is 63.8 cm³/mol. The molecule has 0 radical (unpaired) electrons. The van der Waals surface area contributed by atoms with E-state index in [1.165, 1.54) is 0 Å². The van der Waals surface area contributed by atoms with Gasteiger partial charge >= 0.3 is 6.01 Å². The number of nitrogens with zero attached hydrogens (tertiary/aromatic N) is 2. The quantitative estimate of drug-likeness (QED) is 0.827. The van der Waals surface area contributed by atoms with Gasteiger partial charge in [0.25, 0.3) is 0 Å². The maximum atomic E-state index is 5.56. The molecule has 0 aliphatic carbocycles. The Morgan fingerprint density at radius 2 is 2.24 bits per heavy atom. The lowest BCUT2D eigenvalue weighted by Gasteiger charge is -2.27. The SMILES string of the molecule is CNC(C)c1nnc(NC2(C)CCOC2C)o1. The first-order valence-electron chi connectivity index (χ1n) is 5.95. The summed E-state index contributed by atoms with van der Waals surface area (Å²) in [6.45, 7) is 6.89. The Kier molecular flexibility index (Phi) is 3.35. The number of anilines is 1. The van der Waals surface area contributed by atoms with Crippen LogP contribution in [0.5, 0.6) is 0 Å². The van der Waals surface area contributed by atoms with Gasteiger partial charge in [0.1, 0.15) is 0 Å². The highest BCUT2D eigenvalue weighted by Gasteiger charge is 2.38. The Morgan fingerprint density at radius 1 is 1.47 bits per heavy atom. The number of hydrogen-bond donors (Lipinski definition) is 2. The first kappa shape index (κ1) is 12.3. The van der Waals surface area contributed by atoms with Gasteiger partial charge in [-0.2, -0.15) is 0 Å². The van der Waals surface area contributed by atoms with Gasteiger partial charge in [0.15, 0.2) is 0 Å². The average molecular weight is 240 g/mol. The van der Waals surface area contributed by atoms with Crippen LogP contribution in [0.3, 0.4) is 0 Å². The summed E-state index contributed by atoms with van der Waals surface area (Å²) in [5.41, 5.74) is -0.132. The van der Waals surface area contributed by atoms with Gasteiger partial charge in [0, 0.05) is 6.61 Å². The molecule has 0 saturated carbocycles. The van der Waals surface area contributed by atoms with Gasteiger partial charge in [0.05, 0.1) is 17.7 Å². The lowest BCUT2D eigenvalue weighted by Crippen LogP contribution is -2.41. The van der Waals surface area contributed by atoms with Crippen LogP contribution in [-0.2, 0) is 4.74 Å². The molecule has 1 fully saturated rings. The van der Waals surface area contributed by atoms with Crippen LogP contribution >= 0.6 is 0 Å². The fourth-order valence-corrected chi connectivity index (χ4v) is 1.83. The van der Waals surface area contributed by atoms with E-state index in [1.54, 1.807) is 0 Å². The third kappa shape index (κ3) is 2.42. The second-order valence-corrected chi connectivity index (χ2v) is 4.76. The Balaban J connectivity index is 2.06. The normalized spacial score (nSPS) is 30.5. The summed E-state index contributed by atoms with van der Waals surface area (Å²) in [5, 5.41) is 14.3. The zero-order valence-corrected chi connectivity index (χ0v) is 10.8. The van der Waals surface area contributed by atoms with Gasteiger partial charge in [-0.15, -0.1) is 5.10 Å². The highest BCUT2D eigenvalue weighted by molar-refractivity contribution is 5.26. The minimum Gasteiger partial charge on any atom is -0.406 e. The van der Waals surface area contributed by atoms with E-state index in [9.17, 15) is 0 Å². The minimum absolute atomic E-state index is 0.0584. The van der Waals surface area contributed by atoms with Crippen molar-refractivity contribution < 1.29 is 9.15 Å². The summed E-state index contributed by atoms with van der Waals surface area (Å²) in [6.07, 6.45) is 1.08. The van der Waals surface area contributed by atoms with E-state index >= 15 is 0 Å². The third-order valence-corrected chi connectivity index (χ3v) is 3.52. The van der Waals surface area contributed by atoms with Gasteiger partial charge in [-0.1, -0.05) is 5.10 Å². The van der Waals surface area contributed by atoms with Crippen LogP contribution in [0, 0.1) is 0 Å². The van der Waals surface area contributed by atoms with E-state index in [1.807, 2.05) is 20.9 Å². The van der Waals surface area contributed by atoms with Crippen LogP contribution in [0.25, 0.3) is 0 Å². The molecule has 6 heteroatoms. The highest BCUT2D eigenvalue weighted by atomic mass is 16.5. The third-order valence-electron chi connectivity index (χ3n) is 3.52. The number of ether oxygens (including phenoxy) is 1. The van der Waals surface area contributed by atoms with Gasteiger partial charge in [-0.3, -0.25) is 0 Å². The second-order valence-electron chi connectivity index (χ2n) is 4.76. The Hall–Kier alpha value is -1.14. The molecule has 6 nitrogen and oxygen atoms in total. The van der Waals surface area contributed by atoms with Crippen molar-refractivity contribution in [2.24, 2.45) is 0 Å². The van der Waals surface area contributed by atoms with E-state index in [-0.39, 0.29) is 17.7 Å². The van der Waals surface area contributed by atoms with Gasteiger partial charge in [-0.25, -0.2) is 0 Å². The monoisotopic (exact) mass is 240 g/mol. The molecule has 2 rings (SSSR count). The van der Waals surface area contributed by atoms with E-state index in [4.69, 9.17) is 9.15 Å². The van der Waals surface area contributed by atoms with Crippen LogP contribution in [0.2, 0.25) is 0 Å². The first-order chi connectivity index (χ1) is 8.05. The molecule has 2 heterocycles. The number of rotatable bonds is 4. The maximum absolute atomic E-state index is 5.56. The maximum Gasteiger partial charge on any atom is 0.316 e. The summed E-state index contributed by atoms with van der Waals surface area (Å²) in [6, 6.07) is 0.519. The molecule has 1 aliphatic heterocycles. The average Bonchev–Trinajstić information content (AvgIpc) is 2.87. The molecule has 96 valence electrons. The van der Waals surface area contributed by atoms with Crippen molar-refractivity contribution >= 4 is 6.01 Å². The summed E-state index contributed by atoms with van der Waals surface area (Å²) in [7, 11) is 1.86. The van der Waals surface area contributed by atoms with Gasteiger partial charge in [-0.05, 0) is 34.2 Å². The standard InChI is InChI=1S/C11H20N4O2/c1-7(12-4)9-14-15-10(17-9)13-11(3)5-6-16-8(11)2/h7-8,12H,5-6H2,1-4H3,(H,13,15). The second kappa shape index (κ2) is 4.62. The van der Waals surface area contributed by atoms with Crippen LogP contribution in [0.15, 0.2) is 4.42 Å². The zero-order chi connectivity index (χ0) is 12.5. The Morgan fingerprint density at radius 3 is 2.82 bits per heavy atom. The van der Waals surface area contributed by atoms with Crippen molar-refractivity contribution in [2.75, 3.05) is 19.0 Å². The van der Waals surface area contributed by atoms with E-state index < -0.39 is 0 Å².